The van der Waals surface area contributed by atoms with Crippen molar-refractivity contribution in [2.24, 2.45) is 0 Å². The first-order valence-corrected chi connectivity index (χ1v) is 10.1. The van der Waals surface area contributed by atoms with Crippen molar-refractivity contribution < 1.29 is 19.7 Å². The lowest BCUT2D eigenvalue weighted by molar-refractivity contribution is 0.0490. The maximum absolute atomic E-state index is 12.2. The molecule has 3 heterocycles. The van der Waals surface area contributed by atoms with Gasteiger partial charge >= 0.3 is 5.97 Å². The van der Waals surface area contributed by atoms with E-state index in [1.807, 2.05) is 48.7 Å². The van der Waals surface area contributed by atoms with Gasteiger partial charge in [0.1, 0.15) is 0 Å². The summed E-state index contributed by atoms with van der Waals surface area (Å²) in [6.07, 6.45) is 3.10. The first-order chi connectivity index (χ1) is 14.1. The molecule has 0 saturated heterocycles. The molecule has 0 aliphatic rings. The van der Waals surface area contributed by atoms with Gasteiger partial charge in [-0.1, -0.05) is 43.7 Å². The second-order valence-corrected chi connectivity index (χ2v) is 7.39. The van der Waals surface area contributed by atoms with Gasteiger partial charge in [0.05, 0.1) is 18.4 Å². The van der Waals surface area contributed by atoms with Crippen LogP contribution in [0.25, 0.3) is 27.2 Å². The van der Waals surface area contributed by atoms with Gasteiger partial charge in [-0.2, -0.15) is 14.6 Å². The Morgan fingerprint density at radius 3 is 2.76 bits per heavy atom. The molecule has 2 N–H and O–H groups in total. The average Bonchev–Trinajstić information content (AvgIpc) is 3.36. The van der Waals surface area contributed by atoms with Crippen LogP contribution in [0.4, 0.5) is 0 Å². The van der Waals surface area contributed by atoms with Crippen molar-refractivity contribution in [3.8, 4) is 33.3 Å². The van der Waals surface area contributed by atoms with Crippen LogP contribution < -0.4 is 0 Å². The van der Waals surface area contributed by atoms with Crippen LogP contribution in [-0.2, 0) is 4.74 Å². The summed E-state index contributed by atoms with van der Waals surface area (Å²) >= 11 is 1.50. The molecule has 0 spiro atoms. The average molecular weight is 409 g/mol. The van der Waals surface area contributed by atoms with Gasteiger partial charge in [0.25, 0.3) is 0 Å². The molecule has 0 atom stereocenters. The number of unbranched alkanes of at least 4 members (excludes halogenated alkanes) is 1. The summed E-state index contributed by atoms with van der Waals surface area (Å²) in [7, 11) is 0. The lowest BCUT2D eigenvalue weighted by Gasteiger charge is -2.08. The molecule has 148 valence electrons. The molecule has 0 fully saturated rings. The Balaban J connectivity index is 1.72. The van der Waals surface area contributed by atoms with Gasteiger partial charge in [-0.3, -0.25) is 0 Å². The predicted octanol–water partition coefficient (Wildman–Crippen LogP) is 4.49. The fourth-order valence-corrected chi connectivity index (χ4v) is 3.89. The van der Waals surface area contributed by atoms with Crippen molar-refractivity contribution in [3.05, 3.63) is 53.5 Å². The van der Waals surface area contributed by atoms with E-state index in [1.54, 1.807) is 6.20 Å². The molecule has 0 aliphatic heterocycles. The van der Waals surface area contributed by atoms with Crippen molar-refractivity contribution in [2.45, 2.75) is 19.8 Å². The van der Waals surface area contributed by atoms with E-state index in [0.717, 1.165) is 26.9 Å². The number of hydrogen-bond donors (Lipinski definition) is 2. The highest BCUT2D eigenvalue weighted by Gasteiger charge is 2.25. The van der Waals surface area contributed by atoms with Crippen molar-refractivity contribution in [1.29, 1.82) is 0 Å². The number of hydrogen-bond acceptors (Lipinski definition) is 7. The van der Waals surface area contributed by atoms with E-state index in [-0.39, 0.29) is 17.8 Å². The minimum Gasteiger partial charge on any atom is -0.492 e. The molecule has 8 heteroatoms. The SMILES string of the molecule is CCCCOC(=O)c1c(O)nc2c(-c3cc(-c4ccccc4)cs3)cnn2c1O. The summed E-state index contributed by atoms with van der Waals surface area (Å²) in [4.78, 5) is 17.2. The number of ether oxygens (including phenoxy) is 1. The predicted molar refractivity (Wildman–Crippen MR) is 110 cm³/mol. The first-order valence-electron chi connectivity index (χ1n) is 9.21. The Kier molecular flexibility index (Phi) is 5.18. The largest absolute Gasteiger partial charge is 0.492 e. The van der Waals surface area contributed by atoms with Gasteiger partial charge in [0.2, 0.25) is 11.8 Å². The molecule has 0 unspecified atom stereocenters. The van der Waals surface area contributed by atoms with E-state index in [4.69, 9.17) is 4.74 Å². The fourth-order valence-electron chi connectivity index (χ4n) is 2.96. The van der Waals surface area contributed by atoms with Gasteiger partial charge in [0.15, 0.2) is 11.2 Å². The third-order valence-corrected chi connectivity index (χ3v) is 5.47. The number of carbonyl (C=O) groups excluding carboxylic acids is 1. The van der Waals surface area contributed by atoms with Crippen molar-refractivity contribution in [3.63, 3.8) is 0 Å². The Morgan fingerprint density at radius 1 is 1.21 bits per heavy atom. The number of esters is 1. The number of nitrogens with zero attached hydrogens (tertiary/aromatic N) is 3. The molecule has 1 aromatic carbocycles. The second kappa shape index (κ2) is 7.92. The highest BCUT2D eigenvalue weighted by atomic mass is 32.1. The van der Waals surface area contributed by atoms with Gasteiger partial charge in [-0.25, -0.2) is 4.79 Å². The summed E-state index contributed by atoms with van der Waals surface area (Å²) in [5.74, 6) is -1.92. The third-order valence-electron chi connectivity index (χ3n) is 4.51. The Labute approximate surface area is 170 Å². The smallest absolute Gasteiger partial charge is 0.349 e. The molecule has 4 aromatic rings. The molecule has 0 bridgehead atoms. The topological polar surface area (TPSA) is 97.0 Å². The maximum Gasteiger partial charge on any atom is 0.349 e. The number of aromatic hydroxyl groups is 2. The molecule has 3 aromatic heterocycles. The number of fused-ring (bicyclic) bond motifs is 1. The molecular formula is C21H19N3O4S. The zero-order chi connectivity index (χ0) is 20.4. The Morgan fingerprint density at radius 2 is 2.00 bits per heavy atom. The van der Waals surface area contributed by atoms with Crippen LogP contribution in [0.3, 0.4) is 0 Å². The van der Waals surface area contributed by atoms with Gasteiger partial charge in [-0.05, 0) is 29.0 Å². The second-order valence-electron chi connectivity index (χ2n) is 6.48. The highest BCUT2D eigenvalue weighted by molar-refractivity contribution is 7.14. The summed E-state index contributed by atoms with van der Waals surface area (Å²) in [6.45, 7) is 2.17. The van der Waals surface area contributed by atoms with E-state index in [2.05, 4.69) is 10.1 Å². The molecule has 29 heavy (non-hydrogen) atoms. The number of rotatable bonds is 6. The number of carbonyl (C=O) groups is 1. The van der Waals surface area contributed by atoms with E-state index in [0.29, 0.717) is 12.0 Å². The summed E-state index contributed by atoms with van der Waals surface area (Å²) in [5, 5.41) is 27.0. The zero-order valence-corrected chi connectivity index (χ0v) is 16.5. The monoisotopic (exact) mass is 409 g/mol. The van der Waals surface area contributed by atoms with Crippen LogP contribution in [-0.4, -0.2) is 37.4 Å². The van der Waals surface area contributed by atoms with Crippen molar-refractivity contribution >= 4 is 23.0 Å². The Bertz CT molecular complexity index is 1170. The fraction of sp³-hybridized carbons (Fsp3) is 0.190. The van der Waals surface area contributed by atoms with E-state index >= 15 is 0 Å². The van der Waals surface area contributed by atoms with E-state index in [1.165, 1.54) is 11.3 Å². The zero-order valence-electron chi connectivity index (χ0n) is 15.7. The van der Waals surface area contributed by atoms with Gasteiger partial charge < -0.3 is 14.9 Å². The first kappa shape index (κ1) is 18.9. The normalized spacial score (nSPS) is 11.1. The van der Waals surface area contributed by atoms with Crippen LogP contribution in [0.5, 0.6) is 11.8 Å². The molecule has 4 rings (SSSR count). The van der Waals surface area contributed by atoms with Crippen LogP contribution in [0.2, 0.25) is 0 Å². The van der Waals surface area contributed by atoms with Gasteiger partial charge in [0, 0.05) is 4.88 Å². The van der Waals surface area contributed by atoms with Crippen LogP contribution >= 0.6 is 11.3 Å². The van der Waals surface area contributed by atoms with Gasteiger partial charge in [-0.15, -0.1) is 11.3 Å². The van der Waals surface area contributed by atoms with Crippen molar-refractivity contribution in [1.82, 2.24) is 14.6 Å². The van der Waals surface area contributed by atoms with Crippen LogP contribution in [0.15, 0.2) is 48.0 Å². The minimum atomic E-state index is -0.831. The summed E-state index contributed by atoms with van der Waals surface area (Å²) < 4.78 is 6.22. The van der Waals surface area contributed by atoms with Crippen molar-refractivity contribution in [2.75, 3.05) is 6.61 Å². The molecular weight excluding hydrogens is 390 g/mol. The van der Waals surface area contributed by atoms with E-state index in [9.17, 15) is 15.0 Å². The lowest BCUT2D eigenvalue weighted by Crippen LogP contribution is -2.10. The summed E-state index contributed by atoms with van der Waals surface area (Å²) in [5.41, 5.74) is 2.65. The number of benzene rings is 1. The molecule has 0 radical (unpaired) electrons. The number of thiophene rings is 1. The summed E-state index contributed by atoms with van der Waals surface area (Å²) in [6, 6.07) is 12.0. The molecule has 0 amide bonds. The quantitative estimate of drug-likeness (QED) is 0.360. The Hall–Kier alpha value is -3.39. The third kappa shape index (κ3) is 3.54. The lowest BCUT2D eigenvalue weighted by atomic mass is 10.1. The van der Waals surface area contributed by atoms with E-state index < -0.39 is 17.7 Å². The van der Waals surface area contributed by atoms with Crippen LogP contribution in [0.1, 0.15) is 30.1 Å². The molecule has 0 aliphatic carbocycles. The number of aromatic nitrogens is 3. The standard InChI is InChI=1S/C21H19N3O4S/c1-2-3-9-28-21(27)17-19(25)23-18-15(11-22-24(18)20(17)26)16-10-14(12-29-16)13-7-5-4-6-8-13/h4-8,10-12,26H,2-3,9H2,1H3,(H,23,25). The molecule has 7 nitrogen and oxygen atoms in total. The maximum atomic E-state index is 12.2. The van der Waals surface area contributed by atoms with Crippen LogP contribution in [0, 0.1) is 0 Å². The minimum absolute atomic E-state index is 0.202. The highest BCUT2D eigenvalue weighted by Crippen LogP contribution is 2.36. The molecule has 0 saturated carbocycles.